The number of carbonyl (C=O) groups is 1. The van der Waals surface area contributed by atoms with Gasteiger partial charge in [0.1, 0.15) is 5.60 Å². The van der Waals surface area contributed by atoms with Gasteiger partial charge in [-0.15, -0.1) is 20.4 Å². The Labute approximate surface area is 148 Å². The van der Waals surface area contributed by atoms with Crippen LogP contribution in [0.25, 0.3) is 11.4 Å². The van der Waals surface area contributed by atoms with Gasteiger partial charge < -0.3 is 10.1 Å². The third-order valence-corrected chi connectivity index (χ3v) is 3.07. The largest absolute Gasteiger partial charge is 0.444 e. The summed E-state index contributed by atoms with van der Waals surface area (Å²) in [5.74, 6) is 0.288. The van der Waals surface area contributed by atoms with Crippen LogP contribution in [0.3, 0.4) is 0 Å². The van der Waals surface area contributed by atoms with E-state index in [4.69, 9.17) is 4.74 Å². The quantitative estimate of drug-likeness (QED) is 0.893. The fourth-order valence-electron chi connectivity index (χ4n) is 2.01. The molecule has 1 amide bonds. The van der Waals surface area contributed by atoms with Crippen LogP contribution in [0.2, 0.25) is 0 Å². The van der Waals surface area contributed by atoms with Crippen molar-refractivity contribution in [3.05, 3.63) is 35.2 Å². The third kappa shape index (κ3) is 5.36. The molecule has 0 spiro atoms. The summed E-state index contributed by atoms with van der Waals surface area (Å²) < 4.78 is 45.2. The molecule has 2 rings (SSSR count). The fourth-order valence-corrected chi connectivity index (χ4v) is 2.01. The maximum atomic E-state index is 13.4. The average molecular weight is 369 g/mol. The Hall–Kier alpha value is -2.78. The van der Waals surface area contributed by atoms with Gasteiger partial charge in [-0.25, -0.2) is 4.79 Å². The lowest BCUT2D eigenvalue weighted by atomic mass is 10.0. The van der Waals surface area contributed by atoms with E-state index in [-0.39, 0.29) is 23.5 Å². The number of amides is 1. The zero-order valence-corrected chi connectivity index (χ0v) is 14.7. The van der Waals surface area contributed by atoms with Gasteiger partial charge in [0.25, 0.3) is 0 Å². The number of aromatic nitrogens is 4. The number of hydrogen-bond donors (Lipinski definition) is 1. The van der Waals surface area contributed by atoms with Crippen molar-refractivity contribution in [2.45, 2.75) is 46.0 Å². The molecule has 0 aliphatic heterocycles. The van der Waals surface area contributed by atoms with E-state index >= 15 is 0 Å². The molecule has 0 atom stereocenters. The molecule has 0 unspecified atom stereocenters. The fraction of sp³-hybridized carbons (Fsp3) is 0.438. The number of nitrogens with one attached hydrogen (secondary N) is 1. The van der Waals surface area contributed by atoms with Crippen LogP contribution in [0.4, 0.5) is 18.0 Å². The predicted molar refractivity (Wildman–Crippen MR) is 85.9 cm³/mol. The molecule has 1 N–H and O–H groups in total. The zero-order valence-electron chi connectivity index (χ0n) is 14.7. The molecule has 2 aromatic rings. The van der Waals surface area contributed by atoms with E-state index in [1.807, 2.05) is 0 Å². The molecule has 26 heavy (non-hydrogen) atoms. The van der Waals surface area contributed by atoms with Crippen LogP contribution in [0.15, 0.2) is 18.2 Å². The van der Waals surface area contributed by atoms with E-state index < -0.39 is 23.4 Å². The minimum Gasteiger partial charge on any atom is -0.444 e. The Morgan fingerprint density at radius 2 is 1.73 bits per heavy atom. The van der Waals surface area contributed by atoms with E-state index in [2.05, 4.69) is 25.7 Å². The van der Waals surface area contributed by atoms with Crippen LogP contribution in [0, 0.1) is 6.92 Å². The van der Waals surface area contributed by atoms with Crippen LogP contribution in [0.1, 0.15) is 37.7 Å². The maximum absolute atomic E-state index is 13.4. The van der Waals surface area contributed by atoms with E-state index in [1.165, 1.54) is 12.1 Å². The number of benzene rings is 1. The van der Waals surface area contributed by atoms with Crippen molar-refractivity contribution in [2.24, 2.45) is 0 Å². The molecule has 0 radical (unpaired) electrons. The Morgan fingerprint density at radius 1 is 1.12 bits per heavy atom. The number of nitrogens with zero attached hydrogens (tertiary/aromatic N) is 4. The second-order valence-electron chi connectivity index (χ2n) is 6.50. The molecule has 0 fully saturated rings. The topological polar surface area (TPSA) is 89.9 Å². The highest BCUT2D eigenvalue weighted by molar-refractivity contribution is 5.68. The Kier molecular flexibility index (Phi) is 5.43. The molecular weight excluding hydrogens is 351 g/mol. The monoisotopic (exact) mass is 369 g/mol. The predicted octanol–water partition coefficient (Wildman–Crippen LogP) is 3.29. The summed E-state index contributed by atoms with van der Waals surface area (Å²) in [5, 5.41) is 17.2. The molecule has 140 valence electrons. The van der Waals surface area contributed by atoms with Gasteiger partial charge in [-0.2, -0.15) is 13.2 Å². The highest BCUT2D eigenvalue weighted by Crippen LogP contribution is 2.34. The molecule has 0 saturated heterocycles. The molecule has 1 aromatic heterocycles. The molecule has 7 nitrogen and oxygen atoms in total. The van der Waals surface area contributed by atoms with Gasteiger partial charge in [0, 0.05) is 12.1 Å². The van der Waals surface area contributed by atoms with Crippen LogP contribution < -0.4 is 5.32 Å². The average Bonchev–Trinajstić information content (AvgIpc) is 2.51. The number of aryl methyl sites for hydroxylation is 1. The van der Waals surface area contributed by atoms with Crippen molar-refractivity contribution in [3.63, 3.8) is 0 Å². The lowest BCUT2D eigenvalue weighted by Gasteiger charge is -2.20. The van der Waals surface area contributed by atoms with Gasteiger partial charge in [-0.3, -0.25) is 0 Å². The van der Waals surface area contributed by atoms with Crippen molar-refractivity contribution < 1.29 is 22.7 Å². The van der Waals surface area contributed by atoms with Crippen LogP contribution >= 0.6 is 0 Å². The lowest BCUT2D eigenvalue weighted by Crippen LogP contribution is -2.32. The number of alkyl halides is 3. The van der Waals surface area contributed by atoms with Gasteiger partial charge in [-0.1, -0.05) is 12.1 Å². The molecule has 1 heterocycles. The Bertz CT molecular complexity index is 786. The van der Waals surface area contributed by atoms with Gasteiger partial charge in [0.15, 0.2) is 5.82 Å². The first-order valence-corrected chi connectivity index (χ1v) is 7.67. The SMILES string of the molecule is Cc1nnc(-c2ccc(CNC(=O)OC(C)(C)C)c(C(F)(F)F)c2)nn1. The minimum atomic E-state index is -4.62. The Balaban J connectivity index is 2.26. The van der Waals surface area contributed by atoms with Crippen LogP contribution in [0.5, 0.6) is 0 Å². The maximum Gasteiger partial charge on any atom is 0.416 e. The number of hydrogen-bond acceptors (Lipinski definition) is 6. The van der Waals surface area contributed by atoms with Crippen molar-refractivity contribution in [1.82, 2.24) is 25.7 Å². The summed E-state index contributed by atoms with van der Waals surface area (Å²) in [7, 11) is 0. The lowest BCUT2D eigenvalue weighted by molar-refractivity contribution is -0.138. The van der Waals surface area contributed by atoms with Crippen molar-refractivity contribution in [3.8, 4) is 11.4 Å². The van der Waals surface area contributed by atoms with E-state index in [0.29, 0.717) is 5.82 Å². The van der Waals surface area contributed by atoms with Crippen LogP contribution in [-0.2, 0) is 17.5 Å². The Morgan fingerprint density at radius 3 is 2.27 bits per heavy atom. The summed E-state index contributed by atoms with van der Waals surface area (Å²) in [6.07, 6.45) is -5.42. The highest BCUT2D eigenvalue weighted by atomic mass is 19.4. The first kappa shape index (κ1) is 19.5. The zero-order chi connectivity index (χ0) is 19.5. The van der Waals surface area contributed by atoms with E-state index in [0.717, 1.165) is 6.07 Å². The number of alkyl carbamates (subject to hydrolysis) is 1. The number of carbonyl (C=O) groups excluding carboxylic acids is 1. The third-order valence-electron chi connectivity index (χ3n) is 3.07. The van der Waals surface area contributed by atoms with Crippen molar-refractivity contribution >= 4 is 6.09 Å². The first-order valence-electron chi connectivity index (χ1n) is 7.67. The van der Waals surface area contributed by atoms with Crippen LogP contribution in [-0.4, -0.2) is 32.1 Å². The second kappa shape index (κ2) is 7.22. The summed E-state index contributed by atoms with van der Waals surface area (Å²) in [6, 6.07) is 3.56. The summed E-state index contributed by atoms with van der Waals surface area (Å²) >= 11 is 0. The van der Waals surface area contributed by atoms with Gasteiger partial charge in [-0.05, 0) is 39.3 Å². The molecule has 1 aromatic carbocycles. The summed E-state index contributed by atoms with van der Waals surface area (Å²) in [5.41, 5.74) is -1.64. The first-order chi connectivity index (χ1) is 12.0. The highest BCUT2D eigenvalue weighted by Gasteiger charge is 2.34. The van der Waals surface area contributed by atoms with Gasteiger partial charge >= 0.3 is 12.3 Å². The van der Waals surface area contributed by atoms with Crippen molar-refractivity contribution in [2.75, 3.05) is 0 Å². The normalized spacial score (nSPS) is 12.0. The molecular formula is C16H18F3N5O2. The van der Waals surface area contributed by atoms with E-state index in [9.17, 15) is 18.0 Å². The standard InChI is InChI=1S/C16H18F3N5O2/c1-9-21-23-13(24-22-9)10-5-6-11(12(7-10)16(17,18)19)8-20-14(25)26-15(2,3)4/h5-7H,8H2,1-4H3,(H,20,25). The minimum absolute atomic E-state index is 0.0206. The molecule has 0 bridgehead atoms. The number of rotatable bonds is 3. The summed E-state index contributed by atoms with van der Waals surface area (Å²) in [4.78, 5) is 11.7. The van der Waals surface area contributed by atoms with E-state index in [1.54, 1.807) is 27.7 Å². The van der Waals surface area contributed by atoms with Gasteiger partial charge in [0.2, 0.25) is 5.82 Å². The van der Waals surface area contributed by atoms with Crippen molar-refractivity contribution in [1.29, 1.82) is 0 Å². The molecule has 0 saturated carbocycles. The molecule has 0 aliphatic rings. The molecule has 0 aliphatic carbocycles. The second-order valence-corrected chi connectivity index (χ2v) is 6.50. The molecule has 10 heteroatoms. The van der Waals surface area contributed by atoms with Gasteiger partial charge in [0.05, 0.1) is 5.56 Å². The summed E-state index contributed by atoms with van der Waals surface area (Å²) in [6.45, 7) is 6.20. The number of halogens is 3. The smallest absolute Gasteiger partial charge is 0.416 e. The number of ether oxygens (including phenoxy) is 1.